The average Bonchev–Trinajstić information content (AvgIpc) is 2.71. The molecule has 0 spiro atoms. The van der Waals surface area contributed by atoms with Gasteiger partial charge in [-0.3, -0.25) is 10.6 Å². The van der Waals surface area contributed by atoms with Crippen molar-refractivity contribution in [1.29, 1.82) is 0 Å². The van der Waals surface area contributed by atoms with E-state index in [2.05, 4.69) is 48.1 Å². The first-order valence-corrected chi connectivity index (χ1v) is 10.4. The van der Waals surface area contributed by atoms with Crippen LogP contribution in [0.1, 0.15) is 33.3 Å². The van der Waals surface area contributed by atoms with Gasteiger partial charge in [0, 0.05) is 24.5 Å². The SMILES string of the molecule is CCN(CC)CCOC(=O)Nc1ccc(C)c(NC(=O)OCCN(CC)CC)c1. The van der Waals surface area contributed by atoms with Gasteiger partial charge < -0.3 is 19.3 Å². The van der Waals surface area contributed by atoms with E-state index in [-0.39, 0.29) is 0 Å². The lowest BCUT2D eigenvalue weighted by Gasteiger charge is -2.18. The first kappa shape index (κ1) is 24.7. The van der Waals surface area contributed by atoms with Gasteiger partial charge in [-0.05, 0) is 50.8 Å². The van der Waals surface area contributed by atoms with E-state index in [1.165, 1.54) is 0 Å². The van der Waals surface area contributed by atoms with E-state index in [4.69, 9.17) is 9.47 Å². The number of likely N-dealkylation sites (N-methyl/N-ethyl adjacent to an activating group) is 2. The third-order valence-corrected chi connectivity index (χ3v) is 4.79. The second-order valence-electron chi connectivity index (χ2n) is 6.61. The predicted molar refractivity (Wildman–Crippen MR) is 117 cm³/mol. The molecule has 0 saturated heterocycles. The number of benzene rings is 1. The minimum absolute atomic E-state index is 0.323. The molecule has 1 aromatic rings. The summed E-state index contributed by atoms with van der Waals surface area (Å²) in [5, 5.41) is 5.42. The summed E-state index contributed by atoms with van der Waals surface area (Å²) in [4.78, 5) is 28.4. The summed E-state index contributed by atoms with van der Waals surface area (Å²) in [6.07, 6.45) is -1.03. The van der Waals surface area contributed by atoms with E-state index in [9.17, 15) is 9.59 Å². The molecule has 0 aromatic heterocycles. The predicted octanol–water partition coefficient (Wildman–Crippen LogP) is 3.78. The topological polar surface area (TPSA) is 83.1 Å². The Balaban J connectivity index is 2.51. The van der Waals surface area contributed by atoms with Gasteiger partial charge in [0.25, 0.3) is 0 Å². The molecule has 0 aliphatic rings. The molecular weight excluding hydrogens is 372 g/mol. The zero-order valence-electron chi connectivity index (χ0n) is 18.4. The van der Waals surface area contributed by atoms with Crippen molar-refractivity contribution < 1.29 is 19.1 Å². The van der Waals surface area contributed by atoms with Crippen molar-refractivity contribution in [2.45, 2.75) is 34.6 Å². The van der Waals surface area contributed by atoms with Gasteiger partial charge in [-0.2, -0.15) is 0 Å². The highest BCUT2D eigenvalue weighted by Crippen LogP contribution is 2.20. The second-order valence-corrected chi connectivity index (χ2v) is 6.61. The number of ether oxygens (including phenoxy) is 2. The van der Waals surface area contributed by atoms with Gasteiger partial charge in [0.15, 0.2) is 0 Å². The fraction of sp³-hybridized carbons (Fsp3) is 0.619. The molecule has 0 atom stereocenters. The van der Waals surface area contributed by atoms with Crippen molar-refractivity contribution in [1.82, 2.24) is 9.80 Å². The quantitative estimate of drug-likeness (QED) is 0.548. The van der Waals surface area contributed by atoms with E-state index in [1.54, 1.807) is 12.1 Å². The number of aryl methyl sites for hydroxylation is 1. The van der Waals surface area contributed by atoms with E-state index in [0.29, 0.717) is 37.7 Å². The molecule has 1 rings (SSSR count). The summed E-state index contributed by atoms with van der Waals surface area (Å²) in [5.74, 6) is 0. The number of nitrogens with one attached hydrogen (secondary N) is 2. The number of rotatable bonds is 12. The lowest BCUT2D eigenvalue weighted by Crippen LogP contribution is -2.29. The van der Waals surface area contributed by atoms with Gasteiger partial charge in [0.2, 0.25) is 0 Å². The van der Waals surface area contributed by atoms with Crippen molar-refractivity contribution in [2.24, 2.45) is 0 Å². The summed E-state index contributed by atoms with van der Waals surface area (Å²) in [5.41, 5.74) is 1.99. The van der Waals surface area contributed by atoms with Crippen molar-refractivity contribution in [3.05, 3.63) is 23.8 Å². The Morgan fingerprint density at radius 3 is 1.79 bits per heavy atom. The highest BCUT2D eigenvalue weighted by Gasteiger charge is 2.10. The second kappa shape index (κ2) is 13.8. The molecule has 0 heterocycles. The number of carbonyl (C=O) groups is 2. The van der Waals surface area contributed by atoms with Gasteiger partial charge in [0.05, 0.1) is 0 Å². The Kier molecular flexibility index (Phi) is 11.8. The fourth-order valence-corrected chi connectivity index (χ4v) is 2.75. The van der Waals surface area contributed by atoms with Gasteiger partial charge in [-0.15, -0.1) is 0 Å². The maximum Gasteiger partial charge on any atom is 0.411 e. The lowest BCUT2D eigenvalue weighted by atomic mass is 10.2. The number of hydrogen-bond acceptors (Lipinski definition) is 6. The van der Waals surface area contributed by atoms with E-state index >= 15 is 0 Å². The molecule has 0 aliphatic heterocycles. The van der Waals surface area contributed by atoms with Crippen molar-refractivity contribution in [3.8, 4) is 0 Å². The van der Waals surface area contributed by atoms with Crippen molar-refractivity contribution in [2.75, 3.05) is 63.1 Å². The fourth-order valence-electron chi connectivity index (χ4n) is 2.75. The van der Waals surface area contributed by atoms with Crippen molar-refractivity contribution >= 4 is 23.6 Å². The van der Waals surface area contributed by atoms with E-state index in [0.717, 1.165) is 31.7 Å². The molecule has 8 heteroatoms. The van der Waals surface area contributed by atoms with E-state index in [1.807, 2.05) is 13.0 Å². The maximum absolute atomic E-state index is 12.0. The molecule has 2 N–H and O–H groups in total. The van der Waals surface area contributed by atoms with Gasteiger partial charge >= 0.3 is 12.2 Å². The molecule has 0 fully saturated rings. The Morgan fingerprint density at radius 2 is 1.31 bits per heavy atom. The highest BCUT2D eigenvalue weighted by atomic mass is 16.6. The first-order chi connectivity index (χ1) is 13.9. The summed E-state index contributed by atoms with van der Waals surface area (Å²) < 4.78 is 10.5. The third kappa shape index (κ3) is 9.62. The largest absolute Gasteiger partial charge is 0.448 e. The highest BCUT2D eigenvalue weighted by molar-refractivity contribution is 5.89. The molecule has 0 aliphatic carbocycles. The number of carbonyl (C=O) groups excluding carboxylic acids is 2. The lowest BCUT2D eigenvalue weighted by molar-refractivity contribution is 0.142. The normalized spacial score (nSPS) is 10.9. The summed E-state index contributed by atoms with van der Waals surface area (Å²) in [7, 11) is 0. The molecular formula is C21H36N4O4. The van der Waals surface area contributed by atoms with Crippen LogP contribution in [0.2, 0.25) is 0 Å². The number of hydrogen-bond donors (Lipinski definition) is 2. The van der Waals surface area contributed by atoms with E-state index < -0.39 is 12.2 Å². The van der Waals surface area contributed by atoms with Gasteiger partial charge in [-0.1, -0.05) is 33.8 Å². The van der Waals surface area contributed by atoms with Crippen LogP contribution in [0.25, 0.3) is 0 Å². The monoisotopic (exact) mass is 408 g/mol. The van der Waals surface area contributed by atoms with Gasteiger partial charge in [0.1, 0.15) is 13.2 Å². The van der Waals surface area contributed by atoms with Crippen LogP contribution in [0.15, 0.2) is 18.2 Å². The molecule has 0 radical (unpaired) electrons. The maximum atomic E-state index is 12.0. The summed E-state index contributed by atoms with van der Waals surface area (Å²) in [6.45, 7) is 15.8. The number of amides is 2. The zero-order valence-corrected chi connectivity index (χ0v) is 18.4. The molecule has 164 valence electrons. The first-order valence-electron chi connectivity index (χ1n) is 10.4. The molecule has 2 amide bonds. The standard InChI is InChI=1S/C21H36N4O4/c1-6-24(7-2)12-14-28-20(26)22-18-11-10-17(5)19(16-18)23-21(27)29-15-13-25(8-3)9-4/h10-11,16H,6-9,12-15H2,1-5H3,(H,22,26)(H,23,27). The van der Waals surface area contributed by atoms with Crippen LogP contribution >= 0.6 is 0 Å². The molecule has 1 aromatic carbocycles. The summed E-state index contributed by atoms with van der Waals surface area (Å²) in [6, 6.07) is 5.27. The van der Waals surface area contributed by atoms with Crippen LogP contribution in [0.5, 0.6) is 0 Å². The van der Waals surface area contributed by atoms with Crippen LogP contribution < -0.4 is 10.6 Å². The Hall–Kier alpha value is -2.32. The Labute approximate surface area is 174 Å². The number of nitrogens with zero attached hydrogens (tertiary/aromatic N) is 2. The molecule has 0 unspecified atom stereocenters. The van der Waals surface area contributed by atoms with Crippen molar-refractivity contribution in [3.63, 3.8) is 0 Å². The number of anilines is 2. The van der Waals surface area contributed by atoms with Crippen LogP contribution in [0.3, 0.4) is 0 Å². The van der Waals surface area contributed by atoms with Crippen LogP contribution in [-0.2, 0) is 9.47 Å². The Bertz CT molecular complexity index is 631. The van der Waals surface area contributed by atoms with Gasteiger partial charge in [-0.25, -0.2) is 9.59 Å². The molecule has 0 saturated carbocycles. The minimum Gasteiger partial charge on any atom is -0.448 e. The minimum atomic E-state index is -0.520. The molecule has 8 nitrogen and oxygen atoms in total. The average molecular weight is 409 g/mol. The van der Waals surface area contributed by atoms with Crippen LogP contribution in [-0.4, -0.2) is 74.5 Å². The Morgan fingerprint density at radius 1 is 0.828 bits per heavy atom. The smallest absolute Gasteiger partial charge is 0.411 e. The van der Waals surface area contributed by atoms with Crippen LogP contribution in [0.4, 0.5) is 21.0 Å². The van der Waals surface area contributed by atoms with Crippen LogP contribution in [0, 0.1) is 6.92 Å². The summed E-state index contributed by atoms with van der Waals surface area (Å²) >= 11 is 0. The molecule has 0 bridgehead atoms. The third-order valence-electron chi connectivity index (χ3n) is 4.79. The zero-order chi connectivity index (χ0) is 21.6. The molecule has 29 heavy (non-hydrogen) atoms.